The molecule has 3 aromatic rings. The number of nitrogens with zero attached hydrogens (tertiary/aromatic N) is 1. The van der Waals surface area contributed by atoms with Gasteiger partial charge in [-0.3, -0.25) is 9.69 Å². The van der Waals surface area contributed by atoms with Gasteiger partial charge in [0.2, 0.25) is 5.91 Å². The highest BCUT2D eigenvalue weighted by Gasteiger charge is 2.22. The quantitative estimate of drug-likeness (QED) is 0.495. The van der Waals surface area contributed by atoms with Crippen LogP contribution in [0.25, 0.3) is 16.5 Å². The summed E-state index contributed by atoms with van der Waals surface area (Å²) in [6, 6.07) is 14.9. The number of likely N-dealkylation sites (tertiary alicyclic amines) is 1. The standard InChI is InChI=1S/C29H34N2O3/c1-20(24-17-25-23-10-6-7-11-26(23)34-28(25)18-27(24)33-2)16-29(32)30-22-12-14-31(15-13-22)19-21-8-4-3-5-9-21/h3-5,8-9,16-18,22H,6-7,10-15,19H2,1-2H3,(H,30,32)/b20-16+. The maximum Gasteiger partial charge on any atom is 0.244 e. The number of fused-ring (bicyclic) bond motifs is 3. The minimum atomic E-state index is -0.0321. The Hall–Kier alpha value is -3.05. The predicted octanol–water partition coefficient (Wildman–Crippen LogP) is 5.50. The van der Waals surface area contributed by atoms with Crippen LogP contribution in [0.4, 0.5) is 0 Å². The number of benzene rings is 2. The van der Waals surface area contributed by atoms with Gasteiger partial charge in [-0.2, -0.15) is 0 Å². The Kier molecular flexibility index (Phi) is 6.73. The smallest absolute Gasteiger partial charge is 0.244 e. The van der Waals surface area contributed by atoms with Crippen LogP contribution in [0.1, 0.15) is 55.1 Å². The average Bonchev–Trinajstić information content (AvgIpc) is 3.22. The molecule has 5 rings (SSSR count). The van der Waals surface area contributed by atoms with Crippen LogP contribution in [0.15, 0.2) is 53.0 Å². The van der Waals surface area contributed by atoms with E-state index in [0.29, 0.717) is 0 Å². The van der Waals surface area contributed by atoms with E-state index in [4.69, 9.17) is 9.15 Å². The molecule has 2 aliphatic rings. The van der Waals surface area contributed by atoms with E-state index in [1.807, 2.05) is 13.0 Å². The molecule has 1 fully saturated rings. The molecule has 1 aliphatic heterocycles. The largest absolute Gasteiger partial charge is 0.496 e. The number of nitrogens with one attached hydrogen (secondary N) is 1. The number of piperidine rings is 1. The van der Waals surface area contributed by atoms with Crippen LogP contribution in [-0.4, -0.2) is 37.0 Å². The van der Waals surface area contributed by atoms with Crippen LogP contribution in [0, 0.1) is 0 Å². The highest BCUT2D eigenvalue weighted by molar-refractivity contribution is 5.97. The van der Waals surface area contributed by atoms with Crippen molar-refractivity contribution in [3.63, 3.8) is 0 Å². The van der Waals surface area contributed by atoms with E-state index < -0.39 is 0 Å². The first kappa shape index (κ1) is 22.7. The average molecular weight is 459 g/mol. The van der Waals surface area contributed by atoms with E-state index >= 15 is 0 Å². The van der Waals surface area contributed by atoms with Crippen molar-refractivity contribution in [1.82, 2.24) is 10.2 Å². The van der Waals surface area contributed by atoms with Crippen molar-refractivity contribution in [2.45, 2.75) is 58.0 Å². The third-order valence-corrected chi connectivity index (χ3v) is 7.23. The number of furan rings is 1. The van der Waals surface area contributed by atoms with Crippen LogP contribution in [0.3, 0.4) is 0 Å². The van der Waals surface area contributed by atoms with Crippen molar-refractivity contribution in [2.75, 3.05) is 20.2 Å². The van der Waals surface area contributed by atoms with Crippen LogP contribution >= 0.6 is 0 Å². The number of aryl methyl sites for hydroxylation is 2. The molecule has 1 N–H and O–H groups in total. The summed E-state index contributed by atoms with van der Waals surface area (Å²) in [5.41, 5.74) is 5.41. The van der Waals surface area contributed by atoms with Crippen LogP contribution in [0.5, 0.6) is 5.75 Å². The van der Waals surface area contributed by atoms with Crippen molar-refractivity contribution in [3.8, 4) is 5.75 Å². The fourth-order valence-corrected chi connectivity index (χ4v) is 5.36. The highest BCUT2D eigenvalue weighted by atomic mass is 16.5. The Bertz CT molecular complexity index is 1190. The first-order valence-corrected chi connectivity index (χ1v) is 12.5. The van der Waals surface area contributed by atoms with Gasteiger partial charge in [-0.05, 0) is 56.2 Å². The van der Waals surface area contributed by atoms with Crippen molar-refractivity contribution < 1.29 is 13.9 Å². The first-order valence-electron chi connectivity index (χ1n) is 12.5. The molecule has 2 aromatic carbocycles. The molecule has 0 atom stereocenters. The molecule has 0 spiro atoms. The summed E-state index contributed by atoms with van der Waals surface area (Å²) in [6.07, 6.45) is 8.10. The summed E-state index contributed by atoms with van der Waals surface area (Å²) in [6.45, 7) is 4.95. The molecule has 0 radical (unpaired) electrons. The Balaban J connectivity index is 1.24. The summed E-state index contributed by atoms with van der Waals surface area (Å²) >= 11 is 0. The second-order valence-corrected chi connectivity index (χ2v) is 9.63. The minimum Gasteiger partial charge on any atom is -0.496 e. The van der Waals surface area contributed by atoms with Gasteiger partial charge >= 0.3 is 0 Å². The van der Waals surface area contributed by atoms with Gasteiger partial charge < -0.3 is 14.5 Å². The van der Waals surface area contributed by atoms with Crippen molar-refractivity contribution in [3.05, 3.63) is 71.0 Å². The fraction of sp³-hybridized carbons (Fsp3) is 0.414. The van der Waals surface area contributed by atoms with Crippen LogP contribution < -0.4 is 10.1 Å². The number of ether oxygens (including phenoxy) is 1. The van der Waals surface area contributed by atoms with E-state index in [0.717, 1.165) is 78.9 Å². The Morgan fingerprint density at radius 1 is 1.15 bits per heavy atom. The number of hydrogen-bond acceptors (Lipinski definition) is 4. The molecule has 1 aliphatic carbocycles. The highest BCUT2D eigenvalue weighted by Crippen LogP contribution is 2.37. The molecule has 0 saturated carbocycles. The normalized spacial score (nSPS) is 17.5. The molecule has 2 heterocycles. The number of carbonyl (C=O) groups excluding carboxylic acids is 1. The number of amides is 1. The molecule has 5 heteroatoms. The summed E-state index contributed by atoms with van der Waals surface area (Å²) in [5.74, 6) is 1.82. The Morgan fingerprint density at radius 2 is 1.91 bits per heavy atom. The molecule has 0 bridgehead atoms. The van der Waals surface area contributed by atoms with Crippen molar-refractivity contribution in [2.24, 2.45) is 0 Å². The van der Waals surface area contributed by atoms with Gasteiger partial charge in [0.1, 0.15) is 17.1 Å². The molecular formula is C29H34N2O3. The molecular weight excluding hydrogens is 424 g/mol. The second-order valence-electron chi connectivity index (χ2n) is 9.63. The van der Waals surface area contributed by atoms with E-state index in [-0.39, 0.29) is 11.9 Å². The van der Waals surface area contributed by atoms with Gasteiger partial charge in [0.05, 0.1) is 7.11 Å². The number of allylic oxidation sites excluding steroid dienone is 1. The summed E-state index contributed by atoms with van der Waals surface area (Å²) in [4.78, 5) is 15.3. The lowest BCUT2D eigenvalue weighted by Crippen LogP contribution is -2.43. The maximum atomic E-state index is 12.9. The first-order chi connectivity index (χ1) is 16.6. The molecule has 1 saturated heterocycles. The Labute approximate surface area is 201 Å². The van der Waals surface area contributed by atoms with Gasteiger partial charge in [0.15, 0.2) is 0 Å². The lowest BCUT2D eigenvalue weighted by Gasteiger charge is -2.32. The van der Waals surface area contributed by atoms with E-state index in [9.17, 15) is 4.79 Å². The number of hydrogen-bond donors (Lipinski definition) is 1. The van der Waals surface area contributed by atoms with Crippen molar-refractivity contribution >= 4 is 22.4 Å². The van der Waals surface area contributed by atoms with E-state index in [2.05, 4.69) is 46.6 Å². The lowest BCUT2D eigenvalue weighted by atomic mass is 9.94. The molecule has 5 nitrogen and oxygen atoms in total. The number of rotatable bonds is 6. The zero-order valence-corrected chi connectivity index (χ0v) is 20.2. The van der Waals surface area contributed by atoms with Crippen LogP contribution in [0.2, 0.25) is 0 Å². The topological polar surface area (TPSA) is 54.7 Å². The molecule has 1 amide bonds. The fourth-order valence-electron chi connectivity index (χ4n) is 5.36. The molecule has 34 heavy (non-hydrogen) atoms. The molecule has 0 unspecified atom stereocenters. The molecule has 178 valence electrons. The van der Waals surface area contributed by atoms with Gasteiger partial charge in [-0.25, -0.2) is 0 Å². The third kappa shape index (κ3) is 4.90. The summed E-state index contributed by atoms with van der Waals surface area (Å²) in [7, 11) is 1.67. The van der Waals surface area contributed by atoms with Gasteiger partial charge in [0.25, 0.3) is 0 Å². The van der Waals surface area contributed by atoms with Gasteiger partial charge in [0, 0.05) is 60.8 Å². The van der Waals surface area contributed by atoms with E-state index in [1.165, 1.54) is 24.0 Å². The monoisotopic (exact) mass is 458 g/mol. The predicted molar refractivity (Wildman–Crippen MR) is 136 cm³/mol. The van der Waals surface area contributed by atoms with Gasteiger partial charge in [-0.15, -0.1) is 0 Å². The van der Waals surface area contributed by atoms with Crippen molar-refractivity contribution in [1.29, 1.82) is 0 Å². The number of carbonyl (C=O) groups is 1. The second kappa shape index (κ2) is 10.1. The minimum absolute atomic E-state index is 0.0321. The van der Waals surface area contributed by atoms with Crippen LogP contribution in [-0.2, 0) is 24.2 Å². The molecule has 1 aromatic heterocycles. The van der Waals surface area contributed by atoms with E-state index in [1.54, 1.807) is 13.2 Å². The zero-order valence-electron chi connectivity index (χ0n) is 20.2. The number of methoxy groups -OCH3 is 1. The zero-order chi connectivity index (χ0) is 23.5. The summed E-state index contributed by atoms with van der Waals surface area (Å²) in [5, 5.41) is 4.38. The maximum absolute atomic E-state index is 12.9. The third-order valence-electron chi connectivity index (χ3n) is 7.23. The lowest BCUT2D eigenvalue weighted by molar-refractivity contribution is -0.117. The van der Waals surface area contributed by atoms with Gasteiger partial charge in [-0.1, -0.05) is 30.3 Å². The SMILES string of the molecule is COc1cc2oc3c(c2cc1/C(C)=C/C(=O)NC1CCN(Cc2ccccc2)CC1)CCCC3. The summed E-state index contributed by atoms with van der Waals surface area (Å²) < 4.78 is 11.8. The Morgan fingerprint density at radius 3 is 2.68 bits per heavy atom.